The van der Waals surface area contributed by atoms with Gasteiger partial charge in [-0.2, -0.15) is 4.68 Å². The number of thiophene rings is 1. The van der Waals surface area contributed by atoms with Gasteiger partial charge in [0.15, 0.2) is 0 Å². The first-order valence-electron chi connectivity index (χ1n) is 6.89. The normalized spacial score (nSPS) is 10.8. The molecule has 0 aliphatic carbocycles. The van der Waals surface area contributed by atoms with Gasteiger partial charge >= 0.3 is 5.76 Å². The number of hydrogen-bond acceptors (Lipinski definition) is 8. The number of amides is 1. The molecule has 10 heteroatoms. The minimum Gasteiger partial charge on any atom is -0.387 e. The van der Waals surface area contributed by atoms with E-state index in [4.69, 9.17) is 4.42 Å². The van der Waals surface area contributed by atoms with Gasteiger partial charge in [-0.25, -0.2) is 4.79 Å². The first-order chi connectivity index (χ1) is 11.2. The average molecular weight is 351 g/mol. The summed E-state index contributed by atoms with van der Waals surface area (Å²) in [6, 6.07) is 3.66. The fraction of sp³-hybridized carbons (Fsp3) is 0.308. The van der Waals surface area contributed by atoms with Gasteiger partial charge in [-0.1, -0.05) is 24.3 Å². The van der Waals surface area contributed by atoms with Gasteiger partial charge < -0.3 is 9.73 Å². The van der Waals surface area contributed by atoms with Gasteiger partial charge in [0.2, 0.25) is 11.0 Å². The van der Waals surface area contributed by atoms with Crippen molar-refractivity contribution in [2.45, 2.75) is 26.3 Å². The van der Waals surface area contributed by atoms with Gasteiger partial charge in [0.05, 0.1) is 11.4 Å². The van der Waals surface area contributed by atoms with Crippen LogP contribution in [0.25, 0.3) is 10.8 Å². The summed E-state index contributed by atoms with van der Waals surface area (Å²) in [5.41, 5.74) is 0. The van der Waals surface area contributed by atoms with Gasteiger partial charge in [-0.3, -0.25) is 4.79 Å². The van der Waals surface area contributed by atoms with Crippen LogP contribution in [-0.2, 0) is 17.8 Å². The van der Waals surface area contributed by atoms with Crippen molar-refractivity contribution in [1.29, 1.82) is 0 Å². The summed E-state index contributed by atoms with van der Waals surface area (Å²) in [5.74, 6) is -0.566. The zero-order valence-electron chi connectivity index (χ0n) is 12.2. The van der Waals surface area contributed by atoms with Crippen molar-refractivity contribution < 1.29 is 9.21 Å². The van der Waals surface area contributed by atoms with Crippen LogP contribution in [0.1, 0.15) is 18.4 Å². The van der Waals surface area contributed by atoms with E-state index in [1.54, 1.807) is 0 Å². The van der Waals surface area contributed by atoms with Crippen molar-refractivity contribution in [2.24, 2.45) is 0 Å². The summed E-state index contributed by atoms with van der Waals surface area (Å²) in [5, 5.41) is 17.7. The Labute approximate surface area is 138 Å². The van der Waals surface area contributed by atoms with Crippen LogP contribution in [-0.4, -0.2) is 25.9 Å². The highest BCUT2D eigenvalue weighted by molar-refractivity contribution is 7.15. The maximum absolute atomic E-state index is 11.9. The van der Waals surface area contributed by atoms with E-state index in [0.717, 1.165) is 21.0 Å². The lowest BCUT2D eigenvalue weighted by molar-refractivity contribution is -0.116. The van der Waals surface area contributed by atoms with E-state index in [-0.39, 0.29) is 24.8 Å². The molecule has 3 aromatic heterocycles. The van der Waals surface area contributed by atoms with E-state index in [2.05, 4.69) is 20.6 Å². The molecule has 0 saturated heterocycles. The first kappa shape index (κ1) is 15.6. The van der Waals surface area contributed by atoms with E-state index in [0.29, 0.717) is 5.13 Å². The molecule has 0 aliphatic rings. The van der Waals surface area contributed by atoms with E-state index >= 15 is 0 Å². The van der Waals surface area contributed by atoms with Crippen molar-refractivity contribution in [3.8, 4) is 10.8 Å². The largest absolute Gasteiger partial charge is 0.437 e. The summed E-state index contributed by atoms with van der Waals surface area (Å²) < 4.78 is 6.23. The van der Waals surface area contributed by atoms with Gasteiger partial charge in [0.1, 0.15) is 5.01 Å². The van der Waals surface area contributed by atoms with Crippen molar-refractivity contribution in [3.63, 3.8) is 0 Å². The maximum Gasteiger partial charge on any atom is 0.437 e. The van der Waals surface area contributed by atoms with E-state index in [1.165, 1.54) is 22.7 Å². The molecule has 8 nitrogen and oxygen atoms in total. The minimum atomic E-state index is -0.578. The monoisotopic (exact) mass is 351 g/mol. The lowest BCUT2D eigenvalue weighted by Gasteiger charge is -1.99. The zero-order valence-corrected chi connectivity index (χ0v) is 13.8. The molecule has 3 aromatic rings. The van der Waals surface area contributed by atoms with Crippen LogP contribution < -0.4 is 11.1 Å². The summed E-state index contributed by atoms with van der Waals surface area (Å²) in [6.07, 6.45) is 0.866. The molecule has 0 spiro atoms. The highest BCUT2D eigenvalue weighted by Gasteiger charge is 2.13. The molecule has 0 unspecified atom stereocenters. The second kappa shape index (κ2) is 6.84. The summed E-state index contributed by atoms with van der Waals surface area (Å²) in [6.45, 7) is 2.10. The van der Waals surface area contributed by atoms with Crippen molar-refractivity contribution in [3.05, 3.63) is 33.1 Å². The highest BCUT2D eigenvalue weighted by atomic mass is 32.1. The molecule has 0 radical (unpaired) electrons. The van der Waals surface area contributed by atoms with E-state index in [9.17, 15) is 9.59 Å². The highest BCUT2D eigenvalue weighted by Crippen LogP contribution is 2.21. The molecule has 0 fully saturated rings. The van der Waals surface area contributed by atoms with Crippen LogP contribution in [0.5, 0.6) is 0 Å². The molecule has 1 N–H and O–H groups in total. The standard InChI is InChI=1S/C13H13N5O3S2/c1-2-10-15-16-12(23-10)14-9(19)5-6-18-13(20)21-11(17-18)8-4-3-7-22-8/h3-4,7H,2,5-6H2,1H3,(H,14,16,19). The van der Waals surface area contributed by atoms with Crippen molar-refractivity contribution in [2.75, 3.05) is 5.32 Å². The molecule has 1 amide bonds. The van der Waals surface area contributed by atoms with Gasteiger partial charge in [-0.15, -0.1) is 26.6 Å². The molecular formula is C13H13N5O3S2. The number of carbonyl (C=O) groups is 1. The van der Waals surface area contributed by atoms with Crippen LogP contribution in [0, 0.1) is 0 Å². The molecule has 0 bridgehead atoms. The van der Waals surface area contributed by atoms with Gasteiger partial charge in [0.25, 0.3) is 5.89 Å². The second-order valence-electron chi connectivity index (χ2n) is 4.53. The number of aryl methyl sites for hydroxylation is 2. The fourth-order valence-corrected chi connectivity index (χ4v) is 3.12. The number of nitrogens with one attached hydrogen (secondary N) is 1. The summed E-state index contributed by atoms with van der Waals surface area (Å²) >= 11 is 2.76. The minimum absolute atomic E-state index is 0.0946. The van der Waals surface area contributed by atoms with Gasteiger partial charge in [0, 0.05) is 6.42 Å². The third kappa shape index (κ3) is 3.71. The van der Waals surface area contributed by atoms with Gasteiger partial charge in [-0.05, 0) is 17.9 Å². The molecule has 0 atom stereocenters. The molecule has 3 rings (SSSR count). The third-order valence-corrected chi connectivity index (χ3v) is 4.75. The molecule has 3 heterocycles. The maximum atomic E-state index is 11.9. The molecule has 23 heavy (non-hydrogen) atoms. The quantitative estimate of drug-likeness (QED) is 0.729. The third-order valence-electron chi connectivity index (χ3n) is 2.90. The van der Waals surface area contributed by atoms with Crippen molar-refractivity contribution in [1.82, 2.24) is 20.0 Å². The summed E-state index contributed by atoms with van der Waals surface area (Å²) in [7, 11) is 0. The Morgan fingerprint density at radius 3 is 3.00 bits per heavy atom. The number of carbonyl (C=O) groups excluding carboxylic acids is 1. The Morgan fingerprint density at radius 1 is 1.43 bits per heavy atom. The second-order valence-corrected chi connectivity index (χ2v) is 6.54. The van der Waals surface area contributed by atoms with Crippen LogP contribution in [0.2, 0.25) is 0 Å². The van der Waals surface area contributed by atoms with E-state index in [1.807, 2.05) is 24.4 Å². The van der Waals surface area contributed by atoms with Crippen LogP contribution >= 0.6 is 22.7 Å². The van der Waals surface area contributed by atoms with E-state index < -0.39 is 5.76 Å². The number of nitrogens with zero attached hydrogens (tertiary/aromatic N) is 4. The predicted molar refractivity (Wildman–Crippen MR) is 86.6 cm³/mol. The summed E-state index contributed by atoms with van der Waals surface area (Å²) in [4.78, 5) is 24.4. The molecule has 0 aromatic carbocycles. The lowest BCUT2D eigenvalue weighted by Crippen LogP contribution is -2.20. The predicted octanol–water partition coefficient (Wildman–Crippen LogP) is 2.01. The topological polar surface area (TPSA) is 103 Å². The lowest BCUT2D eigenvalue weighted by atomic mass is 10.4. The molecule has 0 saturated carbocycles. The Morgan fingerprint density at radius 2 is 2.30 bits per heavy atom. The Hall–Kier alpha value is -2.33. The number of anilines is 1. The SMILES string of the molecule is CCc1nnc(NC(=O)CCn2nc(-c3cccs3)oc2=O)s1. The smallest absolute Gasteiger partial charge is 0.387 e. The zero-order chi connectivity index (χ0) is 16.2. The van der Waals surface area contributed by atoms with Crippen LogP contribution in [0.15, 0.2) is 26.7 Å². The molecular weight excluding hydrogens is 338 g/mol. The number of rotatable bonds is 6. The number of hydrogen-bond donors (Lipinski definition) is 1. The first-order valence-corrected chi connectivity index (χ1v) is 8.59. The molecule has 120 valence electrons. The van der Waals surface area contributed by atoms with Crippen LogP contribution in [0.4, 0.5) is 5.13 Å². The Kier molecular flexibility index (Phi) is 4.63. The van der Waals surface area contributed by atoms with Crippen LogP contribution in [0.3, 0.4) is 0 Å². The Bertz CT molecular complexity index is 849. The number of aromatic nitrogens is 4. The molecule has 0 aliphatic heterocycles. The van der Waals surface area contributed by atoms with Crippen molar-refractivity contribution >= 4 is 33.7 Å². The fourth-order valence-electron chi connectivity index (χ4n) is 1.78. The average Bonchev–Trinajstić information content (AvgIpc) is 3.25. The Balaban J connectivity index is 1.59.